The Labute approximate surface area is 301 Å². The summed E-state index contributed by atoms with van der Waals surface area (Å²) in [6, 6.07) is -0.955. The number of ether oxygens (including phenoxy) is 4. The SMILES string of the molecule is CC1CC2CC(C)C3(OOC(CCOC(=O)OC(C)(C)CC(CO)NC(=O)N4CCOCC4)(CCC(=O)NCCCN4CCCC4=O)O3)C(C1)C2. The fraction of sp³-hybridized carbons (Fsp3) is 0.889. The van der Waals surface area contributed by atoms with Crippen molar-refractivity contribution in [2.45, 2.75) is 122 Å². The standard InChI is InChI=1S/C36H60N4O11/c1-25-19-27-21-26(2)36(28(20-25)22-27)49-35(50-51-36,9-8-30(42)37-11-6-13-39-12-5-7-31(39)43)10-16-47-33(45)48-34(3,4)23-29(24-41)38-32(44)40-14-17-46-18-15-40/h25-29,41H,5-24H2,1-4H3,(H,37,42)(H,38,44). The van der Waals surface area contributed by atoms with Crippen LogP contribution in [-0.4, -0.2) is 121 Å². The fourth-order valence-electron chi connectivity index (χ4n) is 8.65. The molecule has 2 bridgehead atoms. The highest BCUT2D eigenvalue weighted by atomic mass is 17.3. The number of aliphatic hydroxyl groups is 1. The fourth-order valence-corrected chi connectivity index (χ4v) is 8.65. The van der Waals surface area contributed by atoms with Crippen molar-refractivity contribution in [2.24, 2.45) is 23.7 Å². The molecule has 0 aromatic heterocycles. The molecule has 290 valence electrons. The number of aliphatic hydroxyl groups excluding tert-OH is 1. The van der Waals surface area contributed by atoms with E-state index in [-0.39, 0.29) is 68.6 Å². The van der Waals surface area contributed by atoms with Crippen molar-refractivity contribution in [1.82, 2.24) is 20.4 Å². The van der Waals surface area contributed by atoms with Crippen LogP contribution in [0.25, 0.3) is 0 Å². The number of hydrogen-bond acceptors (Lipinski definition) is 11. The number of rotatable bonds is 15. The largest absolute Gasteiger partial charge is 0.508 e. The molecule has 15 heteroatoms. The normalized spacial score (nSPS) is 31.4. The number of nitrogens with zero attached hydrogens (tertiary/aromatic N) is 2. The van der Waals surface area contributed by atoms with Crippen LogP contribution >= 0.6 is 0 Å². The number of urea groups is 1. The molecule has 5 aliphatic rings. The first-order chi connectivity index (χ1) is 24.3. The zero-order chi connectivity index (χ0) is 36.6. The quantitative estimate of drug-likeness (QED) is 0.128. The van der Waals surface area contributed by atoms with Gasteiger partial charge >= 0.3 is 12.2 Å². The maximum Gasteiger partial charge on any atom is 0.508 e. The van der Waals surface area contributed by atoms with E-state index in [1.54, 1.807) is 18.7 Å². The molecule has 3 heterocycles. The first kappa shape index (κ1) is 39.5. The third-order valence-electron chi connectivity index (χ3n) is 11.1. The van der Waals surface area contributed by atoms with Crippen LogP contribution in [0.15, 0.2) is 0 Å². The summed E-state index contributed by atoms with van der Waals surface area (Å²) in [5.41, 5.74) is -1.07. The molecular weight excluding hydrogens is 664 g/mol. The molecule has 5 fully saturated rings. The molecule has 2 saturated carbocycles. The van der Waals surface area contributed by atoms with Crippen LogP contribution in [-0.2, 0) is 38.3 Å². The van der Waals surface area contributed by atoms with Gasteiger partial charge in [0.25, 0.3) is 0 Å². The predicted octanol–water partition coefficient (Wildman–Crippen LogP) is 3.47. The topological polar surface area (TPSA) is 174 Å². The number of likely N-dealkylation sites (tertiary alicyclic amines) is 1. The second-order valence-electron chi connectivity index (χ2n) is 15.9. The van der Waals surface area contributed by atoms with E-state index in [4.69, 9.17) is 28.7 Å². The molecule has 7 atom stereocenters. The number of carbonyl (C=O) groups excluding carboxylic acids is 4. The van der Waals surface area contributed by atoms with Crippen molar-refractivity contribution in [3.8, 4) is 0 Å². The van der Waals surface area contributed by atoms with Crippen molar-refractivity contribution in [3.05, 3.63) is 0 Å². The van der Waals surface area contributed by atoms with Gasteiger partial charge in [0.05, 0.1) is 25.9 Å². The van der Waals surface area contributed by atoms with Gasteiger partial charge in [-0.25, -0.2) is 9.59 Å². The molecule has 1 spiro atoms. The molecule has 3 saturated heterocycles. The van der Waals surface area contributed by atoms with Crippen LogP contribution in [0.5, 0.6) is 0 Å². The minimum Gasteiger partial charge on any atom is -0.434 e. The Kier molecular flexibility index (Phi) is 13.5. The van der Waals surface area contributed by atoms with Crippen molar-refractivity contribution in [2.75, 3.05) is 59.2 Å². The van der Waals surface area contributed by atoms with E-state index in [1.165, 1.54) is 6.42 Å². The van der Waals surface area contributed by atoms with E-state index in [0.29, 0.717) is 64.1 Å². The van der Waals surface area contributed by atoms with Gasteiger partial charge in [0.1, 0.15) is 12.2 Å². The summed E-state index contributed by atoms with van der Waals surface area (Å²) in [7, 11) is 0. The average Bonchev–Trinajstić information content (AvgIpc) is 3.68. The summed E-state index contributed by atoms with van der Waals surface area (Å²) in [5.74, 6) is -0.884. The second-order valence-corrected chi connectivity index (χ2v) is 15.9. The van der Waals surface area contributed by atoms with Crippen LogP contribution in [0.4, 0.5) is 9.59 Å². The van der Waals surface area contributed by atoms with Gasteiger partial charge in [-0.3, -0.25) is 9.59 Å². The van der Waals surface area contributed by atoms with Crippen LogP contribution in [0.1, 0.15) is 98.3 Å². The molecule has 3 aliphatic heterocycles. The van der Waals surface area contributed by atoms with E-state index in [1.807, 2.05) is 4.90 Å². The number of hydrogen-bond donors (Lipinski definition) is 3. The van der Waals surface area contributed by atoms with Crippen LogP contribution in [0.2, 0.25) is 0 Å². The van der Waals surface area contributed by atoms with Gasteiger partial charge in [-0.15, -0.1) is 0 Å². The van der Waals surface area contributed by atoms with Crippen molar-refractivity contribution < 1.29 is 53.0 Å². The Morgan fingerprint density at radius 2 is 1.84 bits per heavy atom. The molecule has 4 amide bonds. The highest BCUT2D eigenvalue weighted by Gasteiger charge is 2.62. The van der Waals surface area contributed by atoms with Crippen LogP contribution < -0.4 is 10.6 Å². The van der Waals surface area contributed by atoms with E-state index >= 15 is 0 Å². The number of nitrogens with one attached hydrogen (secondary N) is 2. The highest BCUT2D eigenvalue weighted by molar-refractivity contribution is 5.78. The van der Waals surface area contributed by atoms with Gasteiger partial charge < -0.3 is 44.5 Å². The number of carbonyl (C=O) groups is 4. The van der Waals surface area contributed by atoms with E-state index in [0.717, 1.165) is 32.2 Å². The van der Waals surface area contributed by atoms with Crippen LogP contribution in [0.3, 0.4) is 0 Å². The summed E-state index contributed by atoms with van der Waals surface area (Å²) in [5, 5.41) is 15.7. The molecule has 0 aromatic rings. The predicted molar refractivity (Wildman–Crippen MR) is 183 cm³/mol. The lowest BCUT2D eigenvalue weighted by Crippen LogP contribution is -2.54. The number of morpholine rings is 1. The van der Waals surface area contributed by atoms with Gasteiger partial charge in [0, 0.05) is 76.7 Å². The zero-order valence-electron chi connectivity index (χ0n) is 31.0. The lowest BCUT2D eigenvalue weighted by molar-refractivity contribution is -0.379. The van der Waals surface area contributed by atoms with Gasteiger partial charge in [0.15, 0.2) is 0 Å². The minimum absolute atomic E-state index is 0.0765. The van der Waals surface area contributed by atoms with E-state index in [2.05, 4.69) is 24.5 Å². The molecule has 2 aliphatic carbocycles. The maximum atomic E-state index is 13.0. The van der Waals surface area contributed by atoms with Crippen LogP contribution in [0, 0.1) is 23.7 Å². The van der Waals surface area contributed by atoms with Gasteiger partial charge in [-0.05, 0) is 64.2 Å². The molecule has 0 aromatic carbocycles. The number of amides is 4. The Balaban J connectivity index is 1.14. The summed E-state index contributed by atoms with van der Waals surface area (Å²) in [6.45, 7) is 11.0. The molecule has 51 heavy (non-hydrogen) atoms. The maximum absolute atomic E-state index is 13.0. The van der Waals surface area contributed by atoms with Crippen molar-refractivity contribution >= 4 is 24.0 Å². The molecular formula is C36H60N4O11. The molecule has 0 radical (unpaired) electrons. The monoisotopic (exact) mass is 724 g/mol. The third-order valence-corrected chi connectivity index (χ3v) is 11.1. The molecule has 3 N–H and O–H groups in total. The average molecular weight is 725 g/mol. The van der Waals surface area contributed by atoms with Gasteiger partial charge in [-0.2, -0.15) is 9.78 Å². The van der Waals surface area contributed by atoms with Crippen molar-refractivity contribution in [1.29, 1.82) is 0 Å². The molecule has 5 rings (SSSR count). The smallest absolute Gasteiger partial charge is 0.434 e. The number of fused-ring (bicyclic) bond motifs is 3. The highest BCUT2D eigenvalue weighted by Crippen LogP contribution is 2.57. The first-order valence-corrected chi connectivity index (χ1v) is 19.0. The Morgan fingerprint density at radius 3 is 2.57 bits per heavy atom. The summed E-state index contributed by atoms with van der Waals surface area (Å²) in [4.78, 5) is 66.1. The Hall–Kier alpha value is -2.72. The summed E-state index contributed by atoms with van der Waals surface area (Å²) in [6.07, 6.45) is 5.91. The molecule has 7 unspecified atom stereocenters. The summed E-state index contributed by atoms with van der Waals surface area (Å²) >= 11 is 0. The Morgan fingerprint density at radius 1 is 1.06 bits per heavy atom. The third kappa shape index (κ3) is 10.5. The van der Waals surface area contributed by atoms with Gasteiger partial charge in [-0.1, -0.05) is 13.8 Å². The zero-order valence-corrected chi connectivity index (χ0v) is 31.0. The second kappa shape index (κ2) is 17.4. The Bertz CT molecular complexity index is 1210. The van der Waals surface area contributed by atoms with E-state index < -0.39 is 29.4 Å². The lowest BCUT2D eigenvalue weighted by Gasteiger charge is -2.50. The van der Waals surface area contributed by atoms with Crippen molar-refractivity contribution in [3.63, 3.8) is 0 Å². The lowest BCUT2D eigenvalue weighted by atomic mass is 9.62. The van der Waals surface area contributed by atoms with Gasteiger partial charge in [0.2, 0.25) is 23.4 Å². The minimum atomic E-state index is -1.32. The van der Waals surface area contributed by atoms with E-state index in [9.17, 15) is 24.3 Å². The molecule has 15 nitrogen and oxygen atoms in total. The first-order valence-electron chi connectivity index (χ1n) is 19.0. The summed E-state index contributed by atoms with van der Waals surface area (Å²) < 4.78 is 23.3.